The predicted molar refractivity (Wildman–Crippen MR) is 62.0 cm³/mol. The maximum atomic E-state index is 3.58. The molecule has 1 aromatic rings. The Balaban J connectivity index is 0.00000144. The van der Waals surface area contributed by atoms with Crippen molar-refractivity contribution < 1.29 is 0 Å². The summed E-state index contributed by atoms with van der Waals surface area (Å²) in [6.07, 6.45) is 9.67. The summed E-state index contributed by atoms with van der Waals surface area (Å²) >= 11 is 0. The van der Waals surface area contributed by atoms with E-state index >= 15 is 0 Å². The topological polar surface area (TPSA) is 0 Å². The normalized spacial score (nSPS) is 10.2. The van der Waals surface area contributed by atoms with Gasteiger partial charge in [-0.3, -0.25) is 0 Å². The third-order valence-corrected chi connectivity index (χ3v) is 1.45. The van der Waals surface area contributed by atoms with Crippen molar-refractivity contribution in [1.82, 2.24) is 0 Å². The van der Waals surface area contributed by atoms with E-state index in [1.54, 1.807) is 6.08 Å². The molecule has 0 unspecified atom stereocenters. The Morgan fingerprint density at radius 1 is 0.923 bits per heavy atom. The van der Waals surface area contributed by atoms with Crippen LogP contribution in [-0.2, 0) is 0 Å². The van der Waals surface area contributed by atoms with E-state index in [9.17, 15) is 0 Å². The minimum absolute atomic E-state index is 0. The molecule has 0 heterocycles. The molecule has 0 radical (unpaired) electrons. The van der Waals surface area contributed by atoms with E-state index < -0.39 is 0 Å². The van der Waals surface area contributed by atoms with E-state index in [1.165, 1.54) is 5.56 Å². The molecule has 0 amide bonds. The van der Waals surface area contributed by atoms with Crippen molar-refractivity contribution in [2.24, 2.45) is 0 Å². The molecule has 0 saturated heterocycles. The molecule has 0 N–H and O–H groups in total. The molecule has 0 aliphatic heterocycles. The fraction of sp³-hybridized carbons (Fsp3) is 0. The van der Waals surface area contributed by atoms with Crippen molar-refractivity contribution >= 4 is 24.9 Å². The Morgan fingerprint density at radius 3 is 2.23 bits per heavy atom. The van der Waals surface area contributed by atoms with Crippen LogP contribution in [0, 0.1) is 0 Å². The Hall–Kier alpha value is -0.963. The Morgan fingerprint density at radius 2 is 1.62 bits per heavy atom. The molecule has 0 aromatic heterocycles. The Kier molecular flexibility index (Phi) is 7.11. The number of hydrogen-bond donors (Lipinski definition) is 0. The van der Waals surface area contributed by atoms with Gasteiger partial charge in [-0.1, -0.05) is 67.3 Å². The van der Waals surface area contributed by atoms with Gasteiger partial charge in [0.25, 0.3) is 0 Å². The number of benzene rings is 1. The van der Waals surface area contributed by atoms with E-state index in [1.807, 2.05) is 36.4 Å². The quantitative estimate of drug-likeness (QED) is 0.476. The van der Waals surface area contributed by atoms with Crippen LogP contribution in [0.15, 0.2) is 61.2 Å². The second-order valence-electron chi connectivity index (χ2n) is 2.39. The summed E-state index contributed by atoms with van der Waals surface area (Å²) in [6.45, 7) is 3.58. The Bertz CT molecular complexity index is 283. The molecule has 1 rings (SSSR count). The van der Waals surface area contributed by atoms with Crippen LogP contribution in [0.3, 0.4) is 0 Å². The molecule has 0 aliphatic carbocycles. The van der Waals surface area contributed by atoms with Gasteiger partial charge in [-0.25, -0.2) is 0 Å². The van der Waals surface area contributed by atoms with Crippen LogP contribution in [0.4, 0.5) is 0 Å². The number of allylic oxidation sites excluding steroid dienone is 4. The van der Waals surface area contributed by atoms with Gasteiger partial charge in [0.1, 0.15) is 0 Å². The zero-order chi connectivity index (χ0) is 8.65. The van der Waals surface area contributed by atoms with Gasteiger partial charge in [-0.2, -0.15) is 0 Å². The SMILES string of the molecule is C=CC=CC=Cc1ccccc1.[LiH]. The summed E-state index contributed by atoms with van der Waals surface area (Å²) in [6, 6.07) is 10.2. The fourth-order valence-corrected chi connectivity index (χ4v) is 0.874. The van der Waals surface area contributed by atoms with Crippen molar-refractivity contribution in [2.75, 3.05) is 0 Å². The molecular weight excluding hydrogens is 151 g/mol. The second kappa shape index (κ2) is 7.67. The van der Waals surface area contributed by atoms with Gasteiger partial charge in [-0.05, 0) is 5.56 Å². The van der Waals surface area contributed by atoms with Gasteiger partial charge in [-0.15, -0.1) is 0 Å². The van der Waals surface area contributed by atoms with Gasteiger partial charge >= 0.3 is 18.9 Å². The standard InChI is InChI=1S/C12H12.Li.H/c1-2-3-4-6-9-12-10-7-5-8-11-12;;/h2-11H,1H2;;. The summed E-state index contributed by atoms with van der Waals surface area (Å²) in [5, 5.41) is 0. The summed E-state index contributed by atoms with van der Waals surface area (Å²) in [4.78, 5) is 0. The van der Waals surface area contributed by atoms with E-state index in [4.69, 9.17) is 0 Å². The zero-order valence-corrected chi connectivity index (χ0v) is 6.98. The van der Waals surface area contributed by atoms with Crippen LogP contribution in [-0.4, -0.2) is 18.9 Å². The van der Waals surface area contributed by atoms with E-state index in [0.29, 0.717) is 0 Å². The third kappa shape index (κ3) is 5.30. The summed E-state index contributed by atoms with van der Waals surface area (Å²) < 4.78 is 0. The molecule has 0 bridgehead atoms. The first kappa shape index (κ1) is 12.0. The van der Waals surface area contributed by atoms with E-state index in [0.717, 1.165) is 0 Å². The number of hydrogen-bond acceptors (Lipinski definition) is 0. The first-order valence-corrected chi connectivity index (χ1v) is 3.94. The van der Waals surface area contributed by atoms with Gasteiger partial charge < -0.3 is 0 Å². The Labute approximate surface area is 91.8 Å². The molecule has 1 aromatic carbocycles. The maximum absolute atomic E-state index is 3.58. The molecule has 0 spiro atoms. The van der Waals surface area contributed by atoms with Crippen LogP contribution in [0.2, 0.25) is 0 Å². The molecular formula is C12H13Li. The van der Waals surface area contributed by atoms with Crippen LogP contribution < -0.4 is 0 Å². The molecule has 1 heteroatoms. The van der Waals surface area contributed by atoms with Crippen LogP contribution in [0.25, 0.3) is 6.08 Å². The van der Waals surface area contributed by atoms with Gasteiger partial charge in [0.05, 0.1) is 0 Å². The summed E-state index contributed by atoms with van der Waals surface area (Å²) in [5.41, 5.74) is 1.21. The first-order chi connectivity index (χ1) is 5.93. The van der Waals surface area contributed by atoms with Crippen molar-refractivity contribution in [1.29, 1.82) is 0 Å². The molecule has 0 saturated carbocycles. The third-order valence-electron chi connectivity index (χ3n) is 1.45. The minimum atomic E-state index is 0. The van der Waals surface area contributed by atoms with E-state index in [-0.39, 0.29) is 18.9 Å². The summed E-state index contributed by atoms with van der Waals surface area (Å²) in [5.74, 6) is 0. The molecule has 0 atom stereocenters. The fourth-order valence-electron chi connectivity index (χ4n) is 0.874. The van der Waals surface area contributed by atoms with Gasteiger partial charge in [0.2, 0.25) is 0 Å². The van der Waals surface area contributed by atoms with E-state index in [2.05, 4.69) is 24.8 Å². The monoisotopic (exact) mass is 164 g/mol. The molecule has 0 nitrogen and oxygen atoms in total. The zero-order valence-electron chi connectivity index (χ0n) is 6.98. The molecule has 62 valence electrons. The summed E-state index contributed by atoms with van der Waals surface area (Å²) in [7, 11) is 0. The average Bonchev–Trinajstić information content (AvgIpc) is 2.14. The predicted octanol–water partition coefficient (Wildman–Crippen LogP) is 2.79. The van der Waals surface area contributed by atoms with Crippen LogP contribution in [0.1, 0.15) is 5.56 Å². The molecule has 0 aliphatic rings. The second-order valence-corrected chi connectivity index (χ2v) is 2.39. The van der Waals surface area contributed by atoms with Crippen molar-refractivity contribution in [3.8, 4) is 0 Å². The molecule has 0 fully saturated rings. The van der Waals surface area contributed by atoms with Crippen molar-refractivity contribution in [3.63, 3.8) is 0 Å². The first-order valence-electron chi connectivity index (χ1n) is 3.94. The molecule has 13 heavy (non-hydrogen) atoms. The van der Waals surface area contributed by atoms with Crippen LogP contribution >= 0.6 is 0 Å². The van der Waals surface area contributed by atoms with Gasteiger partial charge in [0, 0.05) is 0 Å². The van der Waals surface area contributed by atoms with Crippen molar-refractivity contribution in [2.45, 2.75) is 0 Å². The van der Waals surface area contributed by atoms with Crippen molar-refractivity contribution in [3.05, 3.63) is 66.8 Å². The number of rotatable bonds is 3. The van der Waals surface area contributed by atoms with Crippen LogP contribution in [0.5, 0.6) is 0 Å². The average molecular weight is 164 g/mol. The van der Waals surface area contributed by atoms with Gasteiger partial charge in [0.15, 0.2) is 0 Å².